The number of amides is 1. The molecule has 0 spiro atoms. The molecule has 1 atom stereocenters. The lowest BCUT2D eigenvalue weighted by atomic mass is 10.0. The lowest BCUT2D eigenvalue weighted by Gasteiger charge is -2.24. The van der Waals surface area contributed by atoms with Crippen LogP contribution in [0.15, 0.2) is 22.8 Å². The van der Waals surface area contributed by atoms with E-state index in [2.05, 4.69) is 20.9 Å². The summed E-state index contributed by atoms with van der Waals surface area (Å²) in [6.07, 6.45) is 2.49. The first-order valence-electron chi connectivity index (χ1n) is 6.44. The van der Waals surface area contributed by atoms with Gasteiger partial charge in [-0.2, -0.15) is 0 Å². The van der Waals surface area contributed by atoms with Crippen LogP contribution in [0, 0.1) is 0 Å². The number of likely N-dealkylation sites (tertiary alicyclic amines) is 1. The molecule has 0 N–H and O–H groups in total. The largest absolute Gasteiger partial charge is 0.444 e. The van der Waals surface area contributed by atoms with Gasteiger partial charge in [-0.25, -0.2) is 4.79 Å². The predicted molar refractivity (Wildman–Crippen MR) is 77.1 cm³/mol. The molecule has 1 aliphatic heterocycles. The number of carbonyl (C=O) groups excluding carboxylic acids is 1. The van der Waals surface area contributed by atoms with E-state index < -0.39 is 5.60 Å². The van der Waals surface area contributed by atoms with Gasteiger partial charge >= 0.3 is 6.09 Å². The smallest absolute Gasteiger partial charge is 0.410 e. The molecule has 0 bridgehead atoms. The molecule has 1 amide bonds. The van der Waals surface area contributed by atoms with Gasteiger partial charge in [0, 0.05) is 35.4 Å². The Morgan fingerprint density at radius 3 is 2.89 bits per heavy atom. The molecule has 1 saturated heterocycles. The lowest BCUT2D eigenvalue weighted by Crippen LogP contribution is -2.35. The minimum absolute atomic E-state index is 0.231. The number of aromatic nitrogens is 1. The molecule has 0 aromatic carbocycles. The average molecular weight is 327 g/mol. The second-order valence-electron chi connectivity index (χ2n) is 5.81. The van der Waals surface area contributed by atoms with Crippen molar-refractivity contribution in [3.8, 4) is 0 Å². The van der Waals surface area contributed by atoms with E-state index >= 15 is 0 Å². The van der Waals surface area contributed by atoms with Crippen molar-refractivity contribution in [3.63, 3.8) is 0 Å². The second kappa shape index (κ2) is 5.49. The molecule has 104 valence electrons. The van der Waals surface area contributed by atoms with Crippen molar-refractivity contribution in [1.82, 2.24) is 9.88 Å². The molecule has 4 nitrogen and oxygen atoms in total. The van der Waals surface area contributed by atoms with E-state index in [9.17, 15) is 4.79 Å². The summed E-state index contributed by atoms with van der Waals surface area (Å²) in [6.45, 7) is 7.06. The van der Waals surface area contributed by atoms with Crippen molar-refractivity contribution in [3.05, 3.63) is 28.5 Å². The first-order chi connectivity index (χ1) is 8.85. The maximum atomic E-state index is 12.0. The van der Waals surface area contributed by atoms with E-state index in [1.54, 1.807) is 11.1 Å². The fourth-order valence-electron chi connectivity index (χ4n) is 2.14. The topological polar surface area (TPSA) is 42.4 Å². The normalized spacial score (nSPS) is 19.6. The van der Waals surface area contributed by atoms with E-state index in [1.165, 1.54) is 0 Å². The third-order valence-corrected chi connectivity index (χ3v) is 3.49. The number of carbonyl (C=O) groups is 1. The van der Waals surface area contributed by atoms with Crippen LogP contribution in [0.25, 0.3) is 0 Å². The first-order valence-corrected chi connectivity index (χ1v) is 7.24. The van der Waals surface area contributed by atoms with E-state index in [0.29, 0.717) is 12.5 Å². The summed E-state index contributed by atoms with van der Waals surface area (Å²) in [7, 11) is 0. The molecular formula is C14H19BrN2O2. The summed E-state index contributed by atoms with van der Waals surface area (Å²) >= 11 is 3.45. The van der Waals surface area contributed by atoms with Crippen molar-refractivity contribution in [2.24, 2.45) is 0 Å². The quantitative estimate of drug-likeness (QED) is 0.792. The summed E-state index contributed by atoms with van der Waals surface area (Å²) in [5.74, 6) is 0.296. The summed E-state index contributed by atoms with van der Waals surface area (Å²) in [5, 5.41) is 0. The highest BCUT2D eigenvalue weighted by Crippen LogP contribution is 2.28. The van der Waals surface area contributed by atoms with Crippen molar-refractivity contribution in [1.29, 1.82) is 0 Å². The molecule has 1 aromatic rings. The Labute approximate surface area is 122 Å². The maximum Gasteiger partial charge on any atom is 0.410 e. The standard InChI is InChI=1S/C14H19BrN2O2/c1-14(2,3)19-13(18)17-7-5-10(9-17)12-8-11(15)4-6-16-12/h4,6,8,10H,5,7,9H2,1-3H3. The molecule has 1 aliphatic rings. The first kappa shape index (κ1) is 14.3. The third kappa shape index (κ3) is 3.93. The maximum absolute atomic E-state index is 12.0. The number of halogens is 1. The Morgan fingerprint density at radius 2 is 2.26 bits per heavy atom. The predicted octanol–water partition coefficient (Wildman–Crippen LogP) is 3.57. The van der Waals surface area contributed by atoms with E-state index in [4.69, 9.17) is 4.74 Å². The van der Waals surface area contributed by atoms with Crippen LogP contribution in [0.3, 0.4) is 0 Å². The van der Waals surface area contributed by atoms with Crippen molar-refractivity contribution in [2.45, 2.75) is 38.7 Å². The van der Waals surface area contributed by atoms with Crippen LogP contribution in [0.1, 0.15) is 38.8 Å². The molecule has 1 aromatic heterocycles. The van der Waals surface area contributed by atoms with Gasteiger partial charge in [0.1, 0.15) is 5.60 Å². The van der Waals surface area contributed by atoms with Gasteiger partial charge in [0.2, 0.25) is 0 Å². The monoisotopic (exact) mass is 326 g/mol. The Bertz CT molecular complexity index is 471. The van der Waals surface area contributed by atoms with Gasteiger partial charge in [-0.05, 0) is 39.3 Å². The molecule has 0 aliphatic carbocycles. The van der Waals surface area contributed by atoms with Crippen LogP contribution >= 0.6 is 15.9 Å². The number of hydrogen-bond acceptors (Lipinski definition) is 3. The van der Waals surface area contributed by atoms with Crippen LogP contribution < -0.4 is 0 Å². The summed E-state index contributed by atoms with van der Waals surface area (Å²) in [4.78, 5) is 18.1. The summed E-state index contributed by atoms with van der Waals surface area (Å²) in [6, 6.07) is 3.92. The zero-order valence-corrected chi connectivity index (χ0v) is 13.1. The molecule has 2 heterocycles. The van der Waals surface area contributed by atoms with Crippen LogP contribution in [0.5, 0.6) is 0 Å². The SMILES string of the molecule is CC(C)(C)OC(=O)N1CCC(c2cc(Br)ccn2)C1. The van der Waals surface area contributed by atoms with Gasteiger partial charge in [-0.15, -0.1) is 0 Å². The average Bonchev–Trinajstić information content (AvgIpc) is 2.75. The molecule has 0 saturated carbocycles. The molecule has 0 radical (unpaired) electrons. The van der Waals surface area contributed by atoms with Crippen molar-refractivity contribution >= 4 is 22.0 Å². The highest BCUT2D eigenvalue weighted by molar-refractivity contribution is 9.10. The fourth-order valence-corrected chi connectivity index (χ4v) is 2.49. The van der Waals surface area contributed by atoms with E-state index in [-0.39, 0.29) is 6.09 Å². The Hall–Kier alpha value is -1.10. The summed E-state index contributed by atoms with van der Waals surface area (Å²) in [5.41, 5.74) is 0.587. The van der Waals surface area contributed by atoms with E-state index in [0.717, 1.165) is 23.1 Å². The fraction of sp³-hybridized carbons (Fsp3) is 0.571. The number of ether oxygens (including phenoxy) is 1. The van der Waals surface area contributed by atoms with Crippen molar-refractivity contribution in [2.75, 3.05) is 13.1 Å². The van der Waals surface area contributed by atoms with Crippen molar-refractivity contribution < 1.29 is 9.53 Å². The van der Waals surface area contributed by atoms with Gasteiger partial charge < -0.3 is 9.64 Å². The minimum atomic E-state index is -0.441. The highest BCUT2D eigenvalue weighted by atomic mass is 79.9. The van der Waals surface area contributed by atoms with Crippen LogP contribution in [0.4, 0.5) is 4.79 Å². The highest BCUT2D eigenvalue weighted by Gasteiger charge is 2.31. The molecule has 5 heteroatoms. The van der Waals surface area contributed by atoms with Crippen LogP contribution in [-0.2, 0) is 4.74 Å². The molecule has 1 fully saturated rings. The van der Waals surface area contributed by atoms with E-state index in [1.807, 2.05) is 32.9 Å². The Kier molecular flexibility index (Phi) is 4.13. The number of pyridine rings is 1. The summed E-state index contributed by atoms with van der Waals surface area (Å²) < 4.78 is 6.41. The van der Waals surface area contributed by atoms with Gasteiger partial charge in [0.25, 0.3) is 0 Å². The van der Waals surface area contributed by atoms with Gasteiger partial charge in [-0.3, -0.25) is 4.98 Å². The molecule has 19 heavy (non-hydrogen) atoms. The zero-order valence-electron chi connectivity index (χ0n) is 11.5. The molecule has 1 unspecified atom stereocenters. The minimum Gasteiger partial charge on any atom is -0.444 e. The second-order valence-corrected chi connectivity index (χ2v) is 6.73. The number of rotatable bonds is 1. The van der Waals surface area contributed by atoms with Crippen LogP contribution in [0.2, 0.25) is 0 Å². The van der Waals surface area contributed by atoms with Gasteiger partial charge in [0.15, 0.2) is 0 Å². The lowest BCUT2D eigenvalue weighted by molar-refractivity contribution is 0.0292. The van der Waals surface area contributed by atoms with Crippen LogP contribution in [-0.4, -0.2) is 34.7 Å². The number of nitrogens with zero attached hydrogens (tertiary/aromatic N) is 2. The third-order valence-electron chi connectivity index (χ3n) is 3.00. The molecular weight excluding hydrogens is 308 g/mol. The zero-order chi connectivity index (χ0) is 14.0. The number of hydrogen-bond donors (Lipinski definition) is 0. The Balaban J connectivity index is 1.98. The Morgan fingerprint density at radius 1 is 1.53 bits per heavy atom. The van der Waals surface area contributed by atoms with Gasteiger partial charge in [0.05, 0.1) is 0 Å². The van der Waals surface area contributed by atoms with Gasteiger partial charge in [-0.1, -0.05) is 15.9 Å². The molecule has 2 rings (SSSR count).